The van der Waals surface area contributed by atoms with Crippen LogP contribution in [0.3, 0.4) is 0 Å². The van der Waals surface area contributed by atoms with Crippen molar-refractivity contribution in [2.45, 2.75) is 52.6 Å². The lowest BCUT2D eigenvalue weighted by Gasteiger charge is -2.37. The third-order valence-corrected chi connectivity index (χ3v) is 13.5. The second-order valence-corrected chi connectivity index (χ2v) is 18.5. The lowest BCUT2D eigenvalue weighted by atomic mass is 9.80. The van der Waals surface area contributed by atoms with Crippen LogP contribution in [0.2, 0.25) is 0 Å². The van der Waals surface area contributed by atoms with Crippen molar-refractivity contribution in [3.05, 3.63) is 119 Å². The van der Waals surface area contributed by atoms with Crippen molar-refractivity contribution >= 4 is 131 Å². The molecule has 0 spiro atoms. The molecule has 0 saturated carbocycles. The molecule has 13 rings (SSSR count). The zero-order valence-corrected chi connectivity index (χ0v) is 32.8. The average Bonchev–Trinajstić information content (AvgIpc) is 3.19. The van der Waals surface area contributed by atoms with Crippen LogP contribution in [0.1, 0.15) is 83.0 Å². The van der Waals surface area contributed by atoms with Gasteiger partial charge in [-0.3, -0.25) is 29.0 Å². The van der Waals surface area contributed by atoms with Gasteiger partial charge in [-0.15, -0.1) is 0 Å². The first-order valence-corrected chi connectivity index (χ1v) is 19.9. The zero-order valence-electron chi connectivity index (χ0n) is 32.8. The normalized spacial score (nSPS) is 15.5. The van der Waals surface area contributed by atoms with Gasteiger partial charge in [-0.2, -0.15) is 0 Å². The summed E-state index contributed by atoms with van der Waals surface area (Å²) in [6.45, 7) is 11.4. The molecule has 276 valence electrons. The van der Waals surface area contributed by atoms with Gasteiger partial charge in [-0.05, 0) is 163 Å². The maximum atomic E-state index is 14.0. The van der Waals surface area contributed by atoms with Crippen LogP contribution >= 0.6 is 0 Å². The molecule has 0 aliphatic carbocycles. The van der Waals surface area contributed by atoms with Crippen LogP contribution < -0.4 is 0 Å². The Labute approximate surface area is 331 Å². The summed E-state index contributed by atoms with van der Waals surface area (Å²) in [6.07, 6.45) is 0. The molecule has 0 fully saturated rings. The van der Waals surface area contributed by atoms with Crippen LogP contribution in [0.4, 0.5) is 0 Å². The van der Waals surface area contributed by atoms with Crippen LogP contribution in [0.15, 0.2) is 97.1 Å². The van der Waals surface area contributed by atoms with Gasteiger partial charge in [0.2, 0.25) is 0 Å². The van der Waals surface area contributed by atoms with E-state index in [-0.39, 0.29) is 23.6 Å². The number of rotatable bonds is 0. The molecule has 0 unspecified atom stereocenters. The van der Waals surface area contributed by atoms with Crippen LogP contribution in [0, 0.1) is 0 Å². The van der Waals surface area contributed by atoms with Gasteiger partial charge >= 0.3 is 0 Å². The first kappa shape index (κ1) is 32.2. The number of carbonyl (C=O) groups excluding carboxylic acids is 4. The van der Waals surface area contributed by atoms with Crippen molar-refractivity contribution in [2.75, 3.05) is 0 Å². The minimum Gasteiger partial charge on any atom is -0.269 e. The number of amides is 4. The van der Waals surface area contributed by atoms with E-state index in [1.807, 2.05) is 65.8 Å². The molecular weight excluding hydrogens is 717 g/mol. The minimum atomic E-state index is -0.656. The second kappa shape index (κ2) is 9.78. The van der Waals surface area contributed by atoms with Crippen LogP contribution in [0.5, 0.6) is 0 Å². The van der Waals surface area contributed by atoms with E-state index in [1.165, 1.54) is 52.9 Å². The Bertz CT molecular complexity index is 3370. The Morgan fingerprint density at radius 3 is 0.586 bits per heavy atom. The largest absolute Gasteiger partial charge is 0.269 e. The molecule has 11 aromatic carbocycles. The highest BCUT2D eigenvalue weighted by atomic mass is 16.2. The molecule has 6 heteroatoms. The van der Waals surface area contributed by atoms with E-state index in [9.17, 15) is 19.2 Å². The number of hydrogen-bond acceptors (Lipinski definition) is 4. The third-order valence-electron chi connectivity index (χ3n) is 13.5. The number of nitrogens with zero attached hydrogens (tertiary/aromatic N) is 2. The maximum absolute atomic E-state index is 14.0. The van der Waals surface area contributed by atoms with Crippen LogP contribution in [-0.2, 0) is 0 Å². The molecule has 2 aliphatic heterocycles. The average molecular weight is 751 g/mol. The summed E-state index contributed by atoms with van der Waals surface area (Å²) in [5.41, 5.74) is 0.965. The molecule has 0 radical (unpaired) electrons. The fourth-order valence-electron chi connectivity index (χ4n) is 11.3. The number of fused-ring (bicyclic) bond motifs is 6. The summed E-state index contributed by atoms with van der Waals surface area (Å²) < 4.78 is 0. The van der Waals surface area contributed by atoms with Crippen molar-refractivity contribution in [2.24, 2.45) is 0 Å². The molecule has 4 amide bonds. The second-order valence-electron chi connectivity index (χ2n) is 18.5. The molecule has 0 bridgehead atoms. The van der Waals surface area contributed by atoms with Crippen molar-refractivity contribution < 1.29 is 19.2 Å². The summed E-state index contributed by atoms with van der Waals surface area (Å²) in [5, 5.41) is 21.4. The van der Waals surface area contributed by atoms with Gasteiger partial charge in [0.25, 0.3) is 23.6 Å². The lowest BCUT2D eigenvalue weighted by Crippen LogP contribution is -2.51. The third kappa shape index (κ3) is 3.46. The minimum absolute atomic E-state index is 0.251. The Hall–Kier alpha value is -6.92. The van der Waals surface area contributed by atoms with E-state index >= 15 is 0 Å². The molecule has 2 heterocycles. The van der Waals surface area contributed by atoms with E-state index in [0.29, 0.717) is 22.3 Å². The molecule has 0 saturated heterocycles. The van der Waals surface area contributed by atoms with E-state index in [2.05, 4.69) is 72.8 Å². The van der Waals surface area contributed by atoms with Gasteiger partial charge in [-0.25, -0.2) is 0 Å². The van der Waals surface area contributed by atoms with Crippen LogP contribution in [0.25, 0.3) is 108 Å². The van der Waals surface area contributed by atoms with Crippen molar-refractivity contribution in [3.8, 4) is 0 Å². The first-order chi connectivity index (χ1) is 27.8. The Kier molecular flexibility index (Phi) is 5.43. The summed E-state index contributed by atoms with van der Waals surface area (Å²) in [6, 6.07) is 33.8. The number of benzene rings is 11. The van der Waals surface area contributed by atoms with Crippen molar-refractivity contribution in [3.63, 3.8) is 0 Å². The molecule has 0 aromatic heterocycles. The van der Waals surface area contributed by atoms with Gasteiger partial charge in [0.05, 0.1) is 0 Å². The van der Waals surface area contributed by atoms with E-state index in [0.717, 1.165) is 64.6 Å². The summed E-state index contributed by atoms with van der Waals surface area (Å²) in [5.74, 6) is -1.01. The maximum Gasteiger partial charge on any atom is 0.261 e. The monoisotopic (exact) mass is 750 g/mol. The Morgan fingerprint density at radius 1 is 0.259 bits per heavy atom. The standard InChI is InChI=1S/C52H34N2O4/c1-51(2,3)53-47(55)35-19-15-31-27-11-7-23-25-9-13-29-33-17-21-37-46-38(50(58)54(49(37)57)52(4,5)6)22-18-34(44(33)46)30-14-10-26(40(25)42(29)30)24-8-12-28(41(27)39(23)24)32-16-20-36(48(53)56)45(35)43(31)32/h7-22H,1-6H3. The van der Waals surface area contributed by atoms with Gasteiger partial charge < -0.3 is 0 Å². The molecule has 0 N–H and O–H groups in total. The quantitative estimate of drug-likeness (QED) is 0.0878. The van der Waals surface area contributed by atoms with Gasteiger partial charge in [0.1, 0.15) is 0 Å². The lowest BCUT2D eigenvalue weighted by molar-refractivity contribution is 0.0442. The summed E-state index contributed by atoms with van der Waals surface area (Å²) >= 11 is 0. The highest BCUT2D eigenvalue weighted by molar-refractivity contribution is 6.47. The topological polar surface area (TPSA) is 74.8 Å². The Morgan fingerprint density at radius 2 is 0.414 bits per heavy atom. The number of imide groups is 2. The highest BCUT2D eigenvalue weighted by Crippen LogP contribution is 2.52. The molecule has 2 aliphatic rings. The van der Waals surface area contributed by atoms with Crippen LogP contribution in [-0.4, -0.2) is 44.5 Å². The number of carbonyl (C=O) groups is 4. The first-order valence-electron chi connectivity index (χ1n) is 19.9. The predicted molar refractivity (Wildman–Crippen MR) is 236 cm³/mol. The van der Waals surface area contributed by atoms with Gasteiger partial charge in [-0.1, -0.05) is 72.8 Å². The predicted octanol–water partition coefficient (Wildman–Crippen LogP) is 12.3. The van der Waals surface area contributed by atoms with E-state index in [1.54, 1.807) is 0 Å². The highest BCUT2D eigenvalue weighted by Gasteiger charge is 2.41. The smallest absolute Gasteiger partial charge is 0.261 e. The van der Waals surface area contributed by atoms with Gasteiger partial charge in [0.15, 0.2) is 0 Å². The molecule has 58 heavy (non-hydrogen) atoms. The van der Waals surface area contributed by atoms with E-state index < -0.39 is 11.1 Å². The number of hydrogen-bond donors (Lipinski definition) is 0. The fraction of sp³-hybridized carbons (Fsp3) is 0.154. The summed E-state index contributed by atoms with van der Waals surface area (Å²) in [4.78, 5) is 58.6. The van der Waals surface area contributed by atoms with Crippen molar-refractivity contribution in [1.29, 1.82) is 0 Å². The van der Waals surface area contributed by atoms with Crippen molar-refractivity contribution in [1.82, 2.24) is 9.80 Å². The fourth-order valence-corrected chi connectivity index (χ4v) is 11.3. The van der Waals surface area contributed by atoms with E-state index in [4.69, 9.17) is 0 Å². The zero-order chi connectivity index (χ0) is 39.6. The van der Waals surface area contributed by atoms with Gasteiger partial charge in [0, 0.05) is 44.1 Å². The Balaban J connectivity index is 1.13. The molecular formula is C52H34N2O4. The molecule has 6 nitrogen and oxygen atoms in total. The molecule has 11 aromatic rings. The SMILES string of the molecule is CC(C)(C)N1C(=O)c2ccc3c4ccc5c6ccc7c8ccc9c%10c(ccc(c%11ccc(c%12ccc(c%13ccc(c2c3%13)C1=O)c4c5%12)c6c7%11)c%108)C(=O)N(C(C)(C)C)C9=O. The molecule has 0 atom stereocenters. The summed E-state index contributed by atoms with van der Waals surface area (Å²) in [7, 11) is 0.